The number of hydrogen-bond donors (Lipinski definition) is 0. The number of anilines is 1. The van der Waals surface area contributed by atoms with E-state index in [4.69, 9.17) is 4.42 Å². The summed E-state index contributed by atoms with van der Waals surface area (Å²) < 4.78 is 20.3. The summed E-state index contributed by atoms with van der Waals surface area (Å²) in [6.45, 7) is 0.207. The third-order valence-corrected chi connectivity index (χ3v) is 3.73. The second kappa shape index (κ2) is 6.20. The molecule has 0 aliphatic carbocycles. The molecule has 124 valence electrons. The van der Waals surface area contributed by atoms with E-state index in [1.54, 1.807) is 53.3 Å². The molecule has 1 amide bonds. The number of amides is 1. The van der Waals surface area contributed by atoms with Crippen molar-refractivity contribution in [3.05, 3.63) is 84.6 Å². The second-order valence-electron chi connectivity index (χ2n) is 5.40. The lowest BCUT2D eigenvalue weighted by Crippen LogP contribution is -2.30. The number of fused-ring (bicyclic) bond motifs is 1. The first-order valence-electron chi connectivity index (χ1n) is 7.60. The van der Waals surface area contributed by atoms with Crippen molar-refractivity contribution in [2.75, 3.05) is 4.90 Å². The van der Waals surface area contributed by atoms with E-state index in [1.807, 2.05) is 0 Å². The summed E-state index contributed by atoms with van der Waals surface area (Å²) in [6.07, 6.45) is 6.53. The number of nitrogens with zero attached hydrogens (tertiary/aromatic N) is 4. The molecule has 0 spiro atoms. The maximum absolute atomic E-state index is 13.2. The van der Waals surface area contributed by atoms with Crippen LogP contribution in [-0.2, 0) is 6.54 Å². The van der Waals surface area contributed by atoms with Gasteiger partial charge < -0.3 is 4.42 Å². The van der Waals surface area contributed by atoms with E-state index in [-0.39, 0.29) is 24.0 Å². The third kappa shape index (κ3) is 2.99. The number of halogens is 1. The van der Waals surface area contributed by atoms with E-state index in [0.717, 1.165) is 0 Å². The SMILES string of the molecule is O=C(c1cn2cccnc2n1)N(Cc1ccco1)c1ccc(F)cc1. The molecule has 0 saturated heterocycles. The van der Waals surface area contributed by atoms with Gasteiger partial charge >= 0.3 is 0 Å². The van der Waals surface area contributed by atoms with E-state index in [9.17, 15) is 9.18 Å². The lowest BCUT2D eigenvalue weighted by atomic mass is 10.2. The summed E-state index contributed by atoms with van der Waals surface area (Å²) >= 11 is 0. The fourth-order valence-electron chi connectivity index (χ4n) is 2.53. The summed E-state index contributed by atoms with van der Waals surface area (Å²) in [5.74, 6) is 0.349. The van der Waals surface area contributed by atoms with Gasteiger partial charge in [-0.25, -0.2) is 14.4 Å². The summed E-state index contributed by atoms with van der Waals surface area (Å²) in [5.41, 5.74) is 0.794. The Hall–Kier alpha value is -3.48. The average Bonchev–Trinajstić information content (AvgIpc) is 3.29. The molecule has 0 fully saturated rings. The van der Waals surface area contributed by atoms with E-state index < -0.39 is 0 Å². The maximum atomic E-state index is 13.2. The van der Waals surface area contributed by atoms with Crippen molar-refractivity contribution < 1.29 is 13.6 Å². The Balaban J connectivity index is 1.73. The maximum Gasteiger partial charge on any atom is 0.278 e. The number of carbonyl (C=O) groups excluding carboxylic acids is 1. The van der Waals surface area contributed by atoms with Crippen molar-refractivity contribution in [3.8, 4) is 0 Å². The smallest absolute Gasteiger partial charge is 0.278 e. The molecular formula is C18H13FN4O2. The van der Waals surface area contributed by atoms with E-state index in [0.29, 0.717) is 17.2 Å². The van der Waals surface area contributed by atoms with Crippen LogP contribution in [0.2, 0.25) is 0 Å². The van der Waals surface area contributed by atoms with Gasteiger partial charge in [-0.1, -0.05) is 0 Å². The molecule has 1 aromatic carbocycles. The molecule has 0 saturated carbocycles. The summed E-state index contributed by atoms with van der Waals surface area (Å²) in [4.78, 5) is 22.9. The second-order valence-corrected chi connectivity index (χ2v) is 5.40. The lowest BCUT2D eigenvalue weighted by Gasteiger charge is -2.20. The fourth-order valence-corrected chi connectivity index (χ4v) is 2.53. The standard InChI is InChI=1S/C18H13FN4O2/c19-13-4-6-14(7-5-13)23(11-15-3-1-10-25-15)17(24)16-12-22-9-2-8-20-18(22)21-16/h1-10,12H,11H2. The molecule has 3 heterocycles. The molecule has 0 unspecified atom stereocenters. The van der Waals surface area contributed by atoms with Crippen LogP contribution in [0.5, 0.6) is 0 Å². The van der Waals surface area contributed by atoms with Gasteiger partial charge in [-0.3, -0.25) is 14.1 Å². The zero-order valence-electron chi connectivity index (χ0n) is 13.0. The Morgan fingerprint density at radius 3 is 2.76 bits per heavy atom. The molecule has 6 nitrogen and oxygen atoms in total. The molecule has 4 aromatic rings. The van der Waals surface area contributed by atoms with Gasteiger partial charge in [0.15, 0.2) is 0 Å². The van der Waals surface area contributed by atoms with Crippen molar-refractivity contribution in [2.45, 2.75) is 6.54 Å². The highest BCUT2D eigenvalue weighted by Gasteiger charge is 2.22. The first-order chi connectivity index (χ1) is 12.2. The lowest BCUT2D eigenvalue weighted by molar-refractivity contribution is 0.0979. The minimum absolute atomic E-state index is 0.207. The molecule has 7 heteroatoms. The van der Waals surface area contributed by atoms with Crippen LogP contribution in [0, 0.1) is 5.82 Å². The fraction of sp³-hybridized carbons (Fsp3) is 0.0556. The Kier molecular flexibility index (Phi) is 3.74. The molecule has 0 aliphatic rings. The number of imidazole rings is 1. The van der Waals surface area contributed by atoms with Gasteiger partial charge in [0.25, 0.3) is 5.91 Å². The first-order valence-corrected chi connectivity index (χ1v) is 7.60. The molecule has 0 aliphatic heterocycles. The van der Waals surface area contributed by atoms with Crippen molar-refractivity contribution in [3.63, 3.8) is 0 Å². The van der Waals surface area contributed by atoms with E-state index in [2.05, 4.69) is 9.97 Å². The average molecular weight is 336 g/mol. The van der Waals surface area contributed by atoms with Crippen LogP contribution < -0.4 is 4.90 Å². The summed E-state index contributed by atoms with van der Waals surface area (Å²) in [6, 6.07) is 11.0. The molecule has 0 N–H and O–H groups in total. The summed E-state index contributed by atoms with van der Waals surface area (Å²) in [5, 5.41) is 0. The van der Waals surface area contributed by atoms with Crippen LogP contribution in [0.1, 0.15) is 16.2 Å². The van der Waals surface area contributed by atoms with Crippen LogP contribution in [0.25, 0.3) is 5.78 Å². The predicted molar refractivity (Wildman–Crippen MR) is 88.6 cm³/mol. The van der Waals surface area contributed by atoms with Crippen LogP contribution >= 0.6 is 0 Å². The Morgan fingerprint density at radius 2 is 2.04 bits per heavy atom. The van der Waals surface area contributed by atoms with Crippen molar-refractivity contribution in [1.29, 1.82) is 0 Å². The summed E-state index contributed by atoms with van der Waals surface area (Å²) in [7, 11) is 0. The van der Waals surface area contributed by atoms with Crippen LogP contribution in [0.4, 0.5) is 10.1 Å². The normalized spacial score (nSPS) is 10.9. The van der Waals surface area contributed by atoms with Gasteiger partial charge in [-0.2, -0.15) is 0 Å². The van der Waals surface area contributed by atoms with Gasteiger partial charge in [-0.15, -0.1) is 0 Å². The van der Waals surface area contributed by atoms with Gasteiger partial charge in [0.2, 0.25) is 5.78 Å². The molecule has 0 bridgehead atoms. The molecule has 4 rings (SSSR count). The van der Waals surface area contributed by atoms with Gasteiger partial charge in [0.1, 0.15) is 17.3 Å². The quantitative estimate of drug-likeness (QED) is 0.573. The van der Waals surface area contributed by atoms with Crippen LogP contribution in [-0.4, -0.2) is 20.3 Å². The largest absolute Gasteiger partial charge is 0.467 e. The third-order valence-electron chi connectivity index (χ3n) is 3.73. The molecule has 0 atom stereocenters. The number of benzene rings is 1. The molecule has 25 heavy (non-hydrogen) atoms. The van der Waals surface area contributed by atoms with Crippen LogP contribution in [0.15, 0.2) is 71.7 Å². The number of rotatable bonds is 4. The van der Waals surface area contributed by atoms with E-state index in [1.165, 1.54) is 23.3 Å². The van der Waals surface area contributed by atoms with Gasteiger partial charge in [-0.05, 0) is 42.5 Å². The molecular weight excluding hydrogens is 323 g/mol. The monoisotopic (exact) mass is 336 g/mol. The highest BCUT2D eigenvalue weighted by molar-refractivity contribution is 6.04. The number of furan rings is 1. The number of aromatic nitrogens is 3. The minimum atomic E-state index is -0.369. The highest BCUT2D eigenvalue weighted by atomic mass is 19.1. The Bertz CT molecular complexity index is 976. The van der Waals surface area contributed by atoms with Gasteiger partial charge in [0.05, 0.1) is 12.8 Å². The molecule has 3 aromatic heterocycles. The zero-order chi connectivity index (χ0) is 17.2. The van der Waals surface area contributed by atoms with Crippen molar-refractivity contribution in [1.82, 2.24) is 14.4 Å². The Morgan fingerprint density at radius 1 is 1.20 bits per heavy atom. The predicted octanol–water partition coefficient (Wildman–Crippen LogP) is 3.31. The first kappa shape index (κ1) is 15.1. The van der Waals surface area contributed by atoms with Crippen LogP contribution in [0.3, 0.4) is 0 Å². The highest BCUT2D eigenvalue weighted by Crippen LogP contribution is 2.21. The molecule has 0 radical (unpaired) electrons. The van der Waals surface area contributed by atoms with Crippen molar-refractivity contribution >= 4 is 17.4 Å². The number of carbonyl (C=O) groups is 1. The van der Waals surface area contributed by atoms with Gasteiger partial charge in [0, 0.05) is 24.3 Å². The Labute approximate surface area is 142 Å². The van der Waals surface area contributed by atoms with E-state index >= 15 is 0 Å². The number of hydrogen-bond acceptors (Lipinski definition) is 4. The van der Waals surface area contributed by atoms with Crippen molar-refractivity contribution in [2.24, 2.45) is 0 Å². The minimum Gasteiger partial charge on any atom is -0.467 e. The zero-order valence-corrected chi connectivity index (χ0v) is 13.0. The topological polar surface area (TPSA) is 63.6 Å².